The number of hydrogen-bond acceptors (Lipinski definition) is 2. The van der Waals surface area contributed by atoms with E-state index in [1.165, 1.54) is 0 Å². The van der Waals surface area contributed by atoms with Gasteiger partial charge < -0.3 is 10.5 Å². The van der Waals surface area contributed by atoms with E-state index in [0.29, 0.717) is 6.61 Å². The molecule has 3 nitrogen and oxygen atoms in total. The number of halogens is 1. The molecule has 0 saturated carbocycles. The van der Waals surface area contributed by atoms with Crippen molar-refractivity contribution in [2.45, 2.75) is 6.61 Å². The fourth-order valence-electron chi connectivity index (χ4n) is 0.735. The third-order valence-electron chi connectivity index (χ3n) is 1.24. The van der Waals surface area contributed by atoms with Crippen LogP contribution in [0.4, 0.5) is 0 Å². The minimum atomic E-state index is -0.242. The maximum absolute atomic E-state index is 6.80. The van der Waals surface area contributed by atoms with Crippen molar-refractivity contribution < 1.29 is 4.74 Å². The van der Waals surface area contributed by atoms with Crippen molar-refractivity contribution in [2.75, 3.05) is 0 Å². The lowest BCUT2D eigenvalue weighted by atomic mass is 10.2. The van der Waals surface area contributed by atoms with Crippen LogP contribution in [0.1, 0.15) is 5.56 Å². The van der Waals surface area contributed by atoms with Crippen molar-refractivity contribution in [2.24, 2.45) is 5.73 Å². The van der Waals surface area contributed by atoms with E-state index in [-0.39, 0.29) is 18.4 Å². The Morgan fingerprint density at radius 1 is 1.33 bits per heavy atom. The molecule has 0 aliphatic heterocycles. The van der Waals surface area contributed by atoms with E-state index < -0.39 is 0 Å². The molecular formula is C8H11ClN2O. The largest absolute Gasteiger partial charge is 0.461 e. The lowest BCUT2D eigenvalue weighted by Gasteiger charge is -2.01. The molecular weight excluding hydrogens is 176 g/mol. The summed E-state index contributed by atoms with van der Waals surface area (Å²) in [6, 6.07) is 9.36. The summed E-state index contributed by atoms with van der Waals surface area (Å²) in [6.45, 7) is 0.371. The summed E-state index contributed by atoms with van der Waals surface area (Å²) in [7, 11) is 0. The molecule has 0 aliphatic carbocycles. The minimum Gasteiger partial charge on any atom is -0.461 e. The number of benzene rings is 1. The Hall–Kier alpha value is -1.22. The van der Waals surface area contributed by atoms with Crippen LogP contribution in [-0.4, -0.2) is 6.02 Å². The molecule has 1 aromatic rings. The molecule has 0 aromatic heterocycles. The SMILES string of the molecule is Cl.N=C(N)OCc1ccccc1. The first-order valence-electron chi connectivity index (χ1n) is 3.30. The monoisotopic (exact) mass is 186 g/mol. The predicted octanol–water partition coefficient (Wildman–Crippen LogP) is 1.52. The zero-order chi connectivity index (χ0) is 8.10. The summed E-state index contributed by atoms with van der Waals surface area (Å²) in [5.74, 6) is 0. The number of amidine groups is 1. The van der Waals surface area contributed by atoms with Crippen LogP contribution in [0.5, 0.6) is 0 Å². The van der Waals surface area contributed by atoms with Gasteiger partial charge in [0.15, 0.2) is 0 Å². The van der Waals surface area contributed by atoms with Gasteiger partial charge in [-0.25, -0.2) is 0 Å². The van der Waals surface area contributed by atoms with Crippen molar-refractivity contribution in [3.63, 3.8) is 0 Å². The molecule has 0 fully saturated rings. The van der Waals surface area contributed by atoms with E-state index >= 15 is 0 Å². The smallest absolute Gasteiger partial charge is 0.279 e. The van der Waals surface area contributed by atoms with Gasteiger partial charge in [-0.15, -0.1) is 12.4 Å². The van der Waals surface area contributed by atoms with Crippen LogP contribution in [0.15, 0.2) is 30.3 Å². The van der Waals surface area contributed by atoms with Gasteiger partial charge in [0.2, 0.25) is 0 Å². The molecule has 12 heavy (non-hydrogen) atoms. The number of nitrogens with two attached hydrogens (primary N) is 1. The highest BCUT2D eigenvalue weighted by Crippen LogP contribution is 1.99. The number of rotatable bonds is 2. The summed E-state index contributed by atoms with van der Waals surface area (Å²) < 4.78 is 4.79. The molecule has 4 heteroatoms. The average Bonchev–Trinajstić information content (AvgIpc) is 2.03. The summed E-state index contributed by atoms with van der Waals surface area (Å²) in [6.07, 6.45) is 0. The minimum absolute atomic E-state index is 0. The van der Waals surface area contributed by atoms with Crippen LogP contribution in [-0.2, 0) is 11.3 Å². The molecule has 0 spiro atoms. The highest BCUT2D eigenvalue weighted by atomic mass is 35.5. The summed E-state index contributed by atoms with van der Waals surface area (Å²) in [5, 5.41) is 6.80. The molecule has 0 bridgehead atoms. The van der Waals surface area contributed by atoms with Gasteiger partial charge in [0.25, 0.3) is 6.02 Å². The first-order valence-corrected chi connectivity index (χ1v) is 3.30. The molecule has 0 radical (unpaired) electrons. The highest BCUT2D eigenvalue weighted by Gasteiger charge is 1.91. The maximum Gasteiger partial charge on any atom is 0.279 e. The Morgan fingerprint density at radius 2 is 1.92 bits per heavy atom. The van der Waals surface area contributed by atoms with Crippen LogP contribution < -0.4 is 5.73 Å². The van der Waals surface area contributed by atoms with Gasteiger partial charge in [0, 0.05) is 0 Å². The van der Waals surface area contributed by atoms with Crippen molar-refractivity contribution >= 4 is 18.4 Å². The Morgan fingerprint density at radius 3 is 2.42 bits per heavy atom. The van der Waals surface area contributed by atoms with E-state index in [0.717, 1.165) is 5.56 Å². The first kappa shape index (κ1) is 10.8. The molecule has 1 rings (SSSR count). The quantitative estimate of drug-likeness (QED) is 0.544. The second kappa shape index (κ2) is 5.43. The first-order chi connectivity index (χ1) is 5.29. The molecule has 0 amide bonds. The summed E-state index contributed by atoms with van der Waals surface area (Å²) in [5.41, 5.74) is 6.02. The summed E-state index contributed by atoms with van der Waals surface area (Å²) in [4.78, 5) is 0. The third-order valence-corrected chi connectivity index (χ3v) is 1.24. The van der Waals surface area contributed by atoms with Crippen LogP contribution >= 0.6 is 12.4 Å². The topological polar surface area (TPSA) is 59.1 Å². The van der Waals surface area contributed by atoms with Crippen LogP contribution in [0, 0.1) is 5.41 Å². The van der Waals surface area contributed by atoms with Gasteiger partial charge in [-0.2, -0.15) is 0 Å². The van der Waals surface area contributed by atoms with Gasteiger partial charge in [0.1, 0.15) is 6.61 Å². The van der Waals surface area contributed by atoms with E-state index in [2.05, 4.69) is 0 Å². The van der Waals surface area contributed by atoms with Gasteiger partial charge in [0.05, 0.1) is 0 Å². The van der Waals surface area contributed by atoms with Crippen LogP contribution in [0.2, 0.25) is 0 Å². The molecule has 0 saturated heterocycles. The van der Waals surface area contributed by atoms with Crippen LogP contribution in [0.25, 0.3) is 0 Å². The summed E-state index contributed by atoms with van der Waals surface area (Å²) >= 11 is 0. The van der Waals surface area contributed by atoms with Crippen LogP contribution in [0.3, 0.4) is 0 Å². The second-order valence-electron chi connectivity index (χ2n) is 2.14. The fraction of sp³-hybridized carbons (Fsp3) is 0.125. The second-order valence-corrected chi connectivity index (χ2v) is 2.14. The Labute approximate surface area is 77.5 Å². The van der Waals surface area contributed by atoms with E-state index in [1.807, 2.05) is 30.3 Å². The standard InChI is InChI=1S/C8H10N2O.ClH/c9-8(10)11-6-7-4-2-1-3-5-7;/h1-5H,6H2,(H3,9,10);1H. The van der Waals surface area contributed by atoms with Crippen molar-refractivity contribution in [3.05, 3.63) is 35.9 Å². The fourth-order valence-corrected chi connectivity index (χ4v) is 0.735. The zero-order valence-corrected chi connectivity index (χ0v) is 7.30. The molecule has 66 valence electrons. The molecule has 1 aromatic carbocycles. The molecule has 3 N–H and O–H groups in total. The van der Waals surface area contributed by atoms with Crippen molar-refractivity contribution in [3.8, 4) is 0 Å². The maximum atomic E-state index is 6.80. The Bertz CT molecular complexity index is 238. The van der Waals surface area contributed by atoms with Crippen molar-refractivity contribution in [1.82, 2.24) is 0 Å². The van der Waals surface area contributed by atoms with E-state index in [4.69, 9.17) is 15.9 Å². The number of hydrogen-bond donors (Lipinski definition) is 2. The third kappa shape index (κ3) is 3.83. The lowest BCUT2D eigenvalue weighted by molar-refractivity contribution is 0.284. The molecule has 0 heterocycles. The van der Waals surface area contributed by atoms with E-state index in [9.17, 15) is 0 Å². The predicted molar refractivity (Wildman–Crippen MR) is 50.4 cm³/mol. The molecule has 0 unspecified atom stereocenters. The molecule has 0 atom stereocenters. The average molecular weight is 187 g/mol. The zero-order valence-electron chi connectivity index (χ0n) is 6.49. The number of ether oxygens (including phenoxy) is 1. The van der Waals surface area contributed by atoms with Gasteiger partial charge >= 0.3 is 0 Å². The molecule has 0 aliphatic rings. The van der Waals surface area contributed by atoms with Gasteiger partial charge in [-0.3, -0.25) is 5.41 Å². The van der Waals surface area contributed by atoms with Gasteiger partial charge in [-0.1, -0.05) is 30.3 Å². The number of nitrogens with one attached hydrogen (secondary N) is 1. The van der Waals surface area contributed by atoms with E-state index in [1.54, 1.807) is 0 Å². The Balaban J connectivity index is 0.00000121. The normalized spacial score (nSPS) is 8.33. The Kier molecular flexibility index (Phi) is 4.88. The highest BCUT2D eigenvalue weighted by molar-refractivity contribution is 5.85. The lowest BCUT2D eigenvalue weighted by Crippen LogP contribution is -2.13. The van der Waals surface area contributed by atoms with Gasteiger partial charge in [-0.05, 0) is 5.56 Å². The van der Waals surface area contributed by atoms with Crippen molar-refractivity contribution in [1.29, 1.82) is 5.41 Å².